The van der Waals surface area contributed by atoms with Gasteiger partial charge >= 0.3 is 0 Å². The first kappa shape index (κ1) is 15.2. The number of anilines is 1. The van der Waals surface area contributed by atoms with Crippen molar-refractivity contribution in [3.05, 3.63) is 54.1 Å². The van der Waals surface area contributed by atoms with Crippen LogP contribution in [0.15, 0.2) is 47.4 Å². The highest BCUT2D eigenvalue weighted by Crippen LogP contribution is 2.21. The summed E-state index contributed by atoms with van der Waals surface area (Å²) in [5.41, 5.74) is 0.241. The van der Waals surface area contributed by atoms with Crippen molar-refractivity contribution in [1.29, 1.82) is 0 Å². The maximum absolute atomic E-state index is 13.1. The first-order valence-electron chi connectivity index (χ1n) is 6.12. The summed E-state index contributed by atoms with van der Waals surface area (Å²) in [7, 11) is -4.08. The molecule has 0 saturated carbocycles. The number of hydrogen-bond acceptors (Lipinski definition) is 3. The van der Waals surface area contributed by atoms with Gasteiger partial charge in [0.05, 0.1) is 17.2 Å². The molecule has 0 amide bonds. The summed E-state index contributed by atoms with van der Waals surface area (Å²) in [5.74, 6) is -1.43. The van der Waals surface area contributed by atoms with Crippen molar-refractivity contribution < 1.29 is 21.9 Å². The molecule has 0 aliphatic carbocycles. The maximum atomic E-state index is 13.1. The van der Waals surface area contributed by atoms with E-state index in [2.05, 4.69) is 4.72 Å². The number of sulfonamides is 1. The van der Waals surface area contributed by atoms with Crippen LogP contribution in [-0.4, -0.2) is 15.0 Å². The van der Waals surface area contributed by atoms with Crippen molar-refractivity contribution in [2.24, 2.45) is 0 Å². The van der Waals surface area contributed by atoms with Crippen LogP contribution in [0.2, 0.25) is 0 Å². The van der Waals surface area contributed by atoms with Gasteiger partial charge in [-0.2, -0.15) is 0 Å². The summed E-state index contributed by atoms with van der Waals surface area (Å²) >= 11 is 0. The molecule has 7 heteroatoms. The van der Waals surface area contributed by atoms with Gasteiger partial charge in [0.2, 0.25) is 0 Å². The van der Waals surface area contributed by atoms with Gasteiger partial charge in [0.1, 0.15) is 17.4 Å². The van der Waals surface area contributed by atoms with Crippen LogP contribution in [0.5, 0.6) is 5.75 Å². The lowest BCUT2D eigenvalue weighted by Crippen LogP contribution is -2.13. The summed E-state index contributed by atoms with van der Waals surface area (Å²) in [6.07, 6.45) is 0. The molecular weight excluding hydrogens is 300 g/mol. The lowest BCUT2D eigenvalue weighted by Gasteiger charge is -2.10. The molecule has 0 heterocycles. The number of benzene rings is 2. The lowest BCUT2D eigenvalue weighted by atomic mass is 10.3. The van der Waals surface area contributed by atoms with Crippen molar-refractivity contribution in [3.63, 3.8) is 0 Å². The summed E-state index contributed by atoms with van der Waals surface area (Å²) in [6, 6.07) is 8.37. The van der Waals surface area contributed by atoms with E-state index in [9.17, 15) is 17.2 Å². The number of nitrogens with one attached hydrogen (secondary N) is 1. The minimum atomic E-state index is -4.08. The Hall–Kier alpha value is -2.15. The van der Waals surface area contributed by atoms with Gasteiger partial charge in [0, 0.05) is 12.1 Å². The Bertz CT molecular complexity index is 727. The van der Waals surface area contributed by atoms with E-state index in [1.807, 2.05) is 0 Å². The second-order valence-corrected chi connectivity index (χ2v) is 5.85. The van der Waals surface area contributed by atoms with E-state index in [1.165, 1.54) is 12.1 Å². The number of halogens is 2. The average molecular weight is 313 g/mol. The van der Waals surface area contributed by atoms with Gasteiger partial charge in [0.25, 0.3) is 10.0 Å². The normalized spacial score (nSPS) is 11.2. The molecule has 0 radical (unpaired) electrons. The number of hydrogen-bond donors (Lipinski definition) is 1. The molecule has 0 aliphatic heterocycles. The monoisotopic (exact) mass is 313 g/mol. The molecule has 1 N–H and O–H groups in total. The maximum Gasteiger partial charge on any atom is 0.262 e. The van der Waals surface area contributed by atoms with E-state index in [1.54, 1.807) is 19.1 Å². The molecule has 0 unspecified atom stereocenters. The minimum absolute atomic E-state index is 0.241. The average Bonchev–Trinajstić information content (AvgIpc) is 2.38. The minimum Gasteiger partial charge on any atom is -0.494 e. The first-order valence-corrected chi connectivity index (χ1v) is 7.61. The predicted octanol–water partition coefficient (Wildman–Crippen LogP) is 3.16. The van der Waals surface area contributed by atoms with Gasteiger partial charge in [-0.1, -0.05) is 6.07 Å². The molecule has 2 aromatic carbocycles. The molecule has 0 spiro atoms. The van der Waals surface area contributed by atoms with Crippen molar-refractivity contribution in [2.45, 2.75) is 11.8 Å². The Kier molecular flexibility index (Phi) is 4.42. The second-order valence-electron chi connectivity index (χ2n) is 4.17. The zero-order valence-corrected chi connectivity index (χ0v) is 12.0. The Morgan fingerprint density at radius 2 is 1.76 bits per heavy atom. The third-order valence-electron chi connectivity index (χ3n) is 2.54. The molecule has 112 valence electrons. The Labute approximate surface area is 121 Å². The van der Waals surface area contributed by atoms with Crippen molar-refractivity contribution in [1.82, 2.24) is 0 Å². The van der Waals surface area contributed by atoms with Crippen LogP contribution in [0.25, 0.3) is 0 Å². The highest BCUT2D eigenvalue weighted by molar-refractivity contribution is 7.92. The number of ether oxygens (including phenoxy) is 1. The van der Waals surface area contributed by atoms with Crippen LogP contribution in [0.3, 0.4) is 0 Å². The molecular formula is C14H13F2NO3S. The van der Waals surface area contributed by atoms with E-state index in [0.717, 1.165) is 12.1 Å². The fourth-order valence-electron chi connectivity index (χ4n) is 1.71. The molecule has 0 aromatic heterocycles. The Morgan fingerprint density at radius 3 is 2.38 bits per heavy atom. The quantitative estimate of drug-likeness (QED) is 0.922. The fraction of sp³-hybridized carbons (Fsp3) is 0.143. The third kappa shape index (κ3) is 3.91. The van der Waals surface area contributed by atoms with E-state index in [4.69, 9.17) is 4.74 Å². The van der Waals surface area contributed by atoms with Crippen LogP contribution in [0.4, 0.5) is 14.5 Å². The van der Waals surface area contributed by atoms with Crippen LogP contribution in [0, 0.1) is 11.6 Å². The van der Waals surface area contributed by atoms with Gasteiger partial charge in [-0.25, -0.2) is 17.2 Å². The van der Waals surface area contributed by atoms with Gasteiger partial charge in [-0.15, -0.1) is 0 Å². The fourth-order valence-corrected chi connectivity index (χ4v) is 2.80. The molecule has 0 fully saturated rings. The molecule has 4 nitrogen and oxygen atoms in total. The summed E-state index contributed by atoms with van der Waals surface area (Å²) in [4.78, 5) is -0.484. The molecule has 2 rings (SSSR count). The molecule has 0 atom stereocenters. The standard InChI is InChI=1S/C14H13F2NO3S/c1-2-20-13-5-3-4-12(9-13)17-21(18,19)14-7-10(15)6-11(16)8-14/h3-9,17H,2H2,1H3. The third-order valence-corrected chi connectivity index (χ3v) is 3.90. The summed E-state index contributed by atoms with van der Waals surface area (Å²) in [6.45, 7) is 2.23. The predicted molar refractivity (Wildman–Crippen MR) is 74.8 cm³/mol. The zero-order valence-electron chi connectivity index (χ0n) is 11.1. The van der Waals surface area contributed by atoms with Gasteiger partial charge in [0.15, 0.2) is 0 Å². The van der Waals surface area contributed by atoms with Gasteiger partial charge in [-0.3, -0.25) is 4.72 Å². The molecule has 0 aliphatic rings. The van der Waals surface area contributed by atoms with Crippen LogP contribution < -0.4 is 9.46 Å². The summed E-state index contributed by atoms with van der Waals surface area (Å²) in [5, 5.41) is 0. The SMILES string of the molecule is CCOc1cccc(NS(=O)(=O)c2cc(F)cc(F)c2)c1. The molecule has 0 bridgehead atoms. The van der Waals surface area contributed by atoms with E-state index < -0.39 is 26.6 Å². The molecule has 21 heavy (non-hydrogen) atoms. The highest BCUT2D eigenvalue weighted by atomic mass is 32.2. The molecule has 2 aromatic rings. The van der Waals surface area contributed by atoms with Crippen molar-refractivity contribution in [3.8, 4) is 5.75 Å². The van der Waals surface area contributed by atoms with Crippen LogP contribution in [-0.2, 0) is 10.0 Å². The van der Waals surface area contributed by atoms with Crippen LogP contribution >= 0.6 is 0 Å². The largest absolute Gasteiger partial charge is 0.494 e. The lowest BCUT2D eigenvalue weighted by molar-refractivity contribution is 0.340. The number of rotatable bonds is 5. The second kappa shape index (κ2) is 6.09. The zero-order chi connectivity index (χ0) is 15.5. The first-order chi connectivity index (χ1) is 9.90. The smallest absolute Gasteiger partial charge is 0.262 e. The van der Waals surface area contributed by atoms with E-state index in [0.29, 0.717) is 18.4 Å². The van der Waals surface area contributed by atoms with E-state index in [-0.39, 0.29) is 5.69 Å². The van der Waals surface area contributed by atoms with E-state index >= 15 is 0 Å². The summed E-state index contributed by atoms with van der Waals surface area (Å²) < 4.78 is 57.9. The van der Waals surface area contributed by atoms with Crippen molar-refractivity contribution >= 4 is 15.7 Å². The van der Waals surface area contributed by atoms with Gasteiger partial charge < -0.3 is 4.74 Å². The highest BCUT2D eigenvalue weighted by Gasteiger charge is 2.16. The Morgan fingerprint density at radius 1 is 1.10 bits per heavy atom. The topological polar surface area (TPSA) is 55.4 Å². The van der Waals surface area contributed by atoms with Gasteiger partial charge in [-0.05, 0) is 31.2 Å². The molecule has 0 saturated heterocycles. The van der Waals surface area contributed by atoms with Crippen LogP contribution in [0.1, 0.15) is 6.92 Å². The Balaban J connectivity index is 2.30. The van der Waals surface area contributed by atoms with Crippen molar-refractivity contribution in [2.75, 3.05) is 11.3 Å².